The van der Waals surface area contributed by atoms with Gasteiger partial charge >= 0.3 is 24.0 Å². The van der Waals surface area contributed by atoms with Crippen LogP contribution in [0.1, 0.15) is 38.5 Å². The minimum absolute atomic E-state index is 0.0823. The monoisotopic (exact) mass is 338 g/mol. The van der Waals surface area contributed by atoms with Crippen LogP contribution in [0.25, 0.3) is 0 Å². The number of hydrogen-bond acceptors (Lipinski definition) is 2. The second kappa shape index (κ2) is 8.38. The van der Waals surface area contributed by atoms with Crippen LogP contribution >= 0.6 is 0 Å². The third-order valence-electron chi connectivity index (χ3n) is 2.86. The third-order valence-corrected chi connectivity index (χ3v) is 2.86. The van der Waals surface area contributed by atoms with Crippen LogP contribution in [0.3, 0.4) is 0 Å². The van der Waals surface area contributed by atoms with E-state index in [0.29, 0.717) is 19.3 Å². The van der Waals surface area contributed by atoms with E-state index in [1.165, 1.54) is 0 Å². The molecule has 0 aliphatic heterocycles. The average Bonchev–Trinajstić information content (AvgIpc) is 2.39. The summed E-state index contributed by atoms with van der Waals surface area (Å²) in [6.07, 6.45) is -5.93. The number of alkyl halides is 7. The summed E-state index contributed by atoms with van der Waals surface area (Å²) >= 11 is 0. The van der Waals surface area contributed by atoms with E-state index in [-0.39, 0.29) is 13.0 Å². The van der Waals surface area contributed by atoms with Gasteiger partial charge in [-0.1, -0.05) is 25.8 Å². The van der Waals surface area contributed by atoms with E-state index in [1.54, 1.807) is 0 Å². The Hall–Kier alpha value is -1.28. The molecule has 130 valence electrons. The van der Waals surface area contributed by atoms with Crippen molar-refractivity contribution in [1.82, 2.24) is 0 Å². The number of ether oxygens (including phenoxy) is 1. The summed E-state index contributed by atoms with van der Waals surface area (Å²) in [7, 11) is 0. The highest BCUT2D eigenvalue weighted by atomic mass is 19.4. The lowest BCUT2D eigenvalue weighted by Crippen LogP contribution is -2.51. The van der Waals surface area contributed by atoms with E-state index in [4.69, 9.17) is 0 Å². The molecule has 0 spiro atoms. The fourth-order valence-corrected chi connectivity index (χ4v) is 1.58. The van der Waals surface area contributed by atoms with Gasteiger partial charge in [0, 0.05) is 12.5 Å². The molecule has 0 radical (unpaired) electrons. The van der Waals surface area contributed by atoms with Crippen molar-refractivity contribution in [3.05, 3.63) is 12.7 Å². The predicted molar refractivity (Wildman–Crippen MR) is 64.8 cm³/mol. The topological polar surface area (TPSA) is 26.3 Å². The number of unbranched alkanes of at least 4 members (excludes halogenated alkanes) is 4. The summed E-state index contributed by atoms with van der Waals surface area (Å²) < 4.78 is 91.2. The summed E-state index contributed by atoms with van der Waals surface area (Å²) in [5.41, 5.74) is 0. The maximum atomic E-state index is 12.9. The molecule has 0 saturated heterocycles. The van der Waals surface area contributed by atoms with Gasteiger partial charge in [0.05, 0.1) is 6.61 Å². The predicted octanol–water partition coefficient (Wildman–Crippen LogP) is 4.89. The first-order valence-corrected chi connectivity index (χ1v) is 6.57. The quantitative estimate of drug-likeness (QED) is 0.245. The van der Waals surface area contributed by atoms with Crippen LogP contribution < -0.4 is 0 Å². The zero-order valence-corrected chi connectivity index (χ0v) is 11.7. The molecule has 0 aliphatic rings. The average molecular weight is 338 g/mol. The molecule has 0 unspecified atom stereocenters. The Labute approximate surface area is 123 Å². The van der Waals surface area contributed by atoms with Crippen LogP contribution in [0.5, 0.6) is 0 Å². The lowest BCUT2D eigenvalue weighted by molar-refractivity contribution is -0.355. The molecule has 0 bridgehead atoms. The molecule has 22 heavy (non-hydrogen) atoms. The van der Waals surface area contributed by atoms with Crippen LogP contribution in [-0.4, -0.2) is 30.6 Å². The smallest absolute Gasteiger partial charge is 0.459 e. The van der Waals surface area contributed by atoms with Crippen molar-refractivity contribution in [2.75, 3.05) is 6.61 Å². The second-order valence-electron chi connectivity index (χ2n) is 4.67. The fraction of sp³-hybridized carbons (Fsp3) is 0.769. The molecule has 0 heterocycles. The standard InChI is InChI=1S/C13H17F7O2/c1-2-10(21)22-9-7-5-3-4-6-8-11(14,15)12(16,17)13(18,19)20/h2H,1,3-9H2. The summed E-state index contributed by atoms with van der Waals surface area (Å²) in [6, 6.07) is 0. The largest absolute Gasteiger partial charge is 0.463 e. The molecule has 0 aliphatic carbocycles. The Balaban J connectivity index is 3.92. The SMILES string of the molecule is C=CC(=O)OCCCCCCCC(F)(F)C(F)(F)C(F)(F)F. The zero-order chi connectivity index (χ0) is 17.4. The van der Waals surface area contributed by atoms with E-state index in [1.807, 2.05) is 0 Å². The fourth-order valence-electron chi connectivity index (χ4n) is 1.58. The van der Waals surface area contributed by atoms with E-state index in [9.17, 15) is 35.5 Å². The first kappa shape index (κ1) is 20.7. The van der Waals surface area contributed by atoms with Crippen molar-refractivity contribution in [1.29, 1.82) is 0 Å². The van der Waals surface area contributed by atoms with Gasteiger partial charge in [0.1, 0.15) is 0 Å². The number of carbonyl (C=O) groups is 1. The lowest BCUT2D eigenvalue weighted by Gasteiger charge is -2.28. The normalized spacial score (nSPS) is 13.0. The summed E-state index contributed by atoms with van der Waals surface area (Å²) in [5.74, 6) is -11.8. The van der Waals surface area contributed by atoms with Gasteiger partial charge < -0.3 is 4.74 Å². The molecule has 0 aromatic rings. The minimum Gasteiger partial charge on any atom is -0.463 e. The molecule has 0 fully saturated rings. The van der Waals surface area contributed by atoms with Gasteiger partial charge in [0.2, 0.25) is 0 Å². The van der Waals surface area contributed by atoms with E-state index >= 15 is 0 Å². The molecule has 0 amide bonds. The molecule has 0 atom stereocenters. The van der Waals surface area contributed by atoms with Gasteiger partial charge in [-0.2, -0.15) is 30.7 Å². The first-order chi connectivity index (χ1) is 9.95. The Morgan fingerprint density at radius 1 is 0.909 bits per heavy atom. The maximum absolute atomic E-state index is 12.9. The highest BCUT2D eigenvalue weighted by Crippen LogP contribution is 2.48. The number of rotatable bonds is 10. The number of carbonyl (C=O) groups excluding carboxylic acids is 1. The zero-order valence-electron chi connectivity index (χ0n) is 11.7. The van der Waals surface area contributed by atoms with Gasteiger partial charge in [-0.25, -0.2) is 4.79 Å². The molecule has 9 heteroatoms. The molecule has 0 aromatic carbocycles. The molecular weight excluding hydrogens is 321 g/mol. The van der Waals surface area contributed by atoms with Crippen molar-refractivity contribution in [2.45, 2.75) is 56.5 Å². The summed E-state index contributed by atoms with van der Waals surface area (Å²) in [5, 5.41) is 0. The van der Waals surface area contributed by atoms with Crippen LogP contribution in [0.15, 0.2) is 12.7 Å². The van der Waals surface area contributed by atoms with Crippen molar-refractivity contribution in [3.63, 3.8) is 0 Å². The minimum atomic E-state index is -6.27. The second-order valence-corrected chi connectivity index (χ2v) is 4.67. The van der Waals surface area contributed by atoms with Crippen molar-refractivity contribution in [2.24, 2.45) is 0 Å². The van der Waals surface area contributed by atoms with Gasteiger partial charge in [0.15, 0.2) is 0 Å². The molecule has 2 nitrogen and oxygen atoms in total. The lowest BCUT2D eigenvalue weighted by atomic mass is 10.0. The molecule has 0 aromatic heterocycles. The Morgan fingerprint density at radius 2 is 1.41 bits per heavy atom. The van der Waals surface area contributed by atoms with Crippen molar-refractivity contribution in [3.8, 4) is 0 Å². The van der Waals surface area contributed by atoms with Gasteiger partial charge in [-0.05, 0) is 12.8 Å². The highest BCUT2D eigenvalue weighted by molar-refractivity contribution is 5.81. The maximum Gasteiger partial charge on any atom is 0.459 e. The Kier molecular flexibility index (Phi) is 7.89. The number of hydrogen-bond donors (Lipinski definition) is 0. The molecule has 0 N–H and O–H groups in total. The van der Waals surface area contributed by atoms with E-state index in [2.05, 4.69) is 11.3 Å². The van der Waals surface area contributed by atoms with Crippen LogP contribution in [0.2, 0.25) is 0 Å². The molecule has 0 rings (SSSR count). The first-order valence-electron chi connectivity index (χ1n) is 6.57. The Bertz CT molecular complexity index is 364. The Morgan fingerprint density at radius 3 is 1.91 bits per heavy atom. The summed E-state index contributed by atoms with van der Waals surface area (Å²) in [4.78, 5) is 10.6. The van der Waals surface area contributed by atoms with Crippen molar-refractivity contribution < 1.29 is 40.3 Å². The highest BCUT2D eigenvalue weighted by Gasteiger charge is 2.72. The van der Waals surface area contributed by atoms with Gasteiger partial charge in [-0.3, -0.25) is 0 Å². The molecule has 0 saturated carbocycles. The molecular formula is C13H17F7O2. The van der Waals surface area contributed by atoms with Gasteiger partial charge in [0.25, 0.3) is 0 Å². The van der Waals surface area contributed by atoms with E-state index < -0.39 is 36.8 Å². The third kappa shape index (κ3) is 6.23. The number of halogens is 7. The number of esters is 1. The van der Waals surface area contributed by atoms with Crippen molar-refractivity contribution >= 4 is 5.97 Å². The van der Waals surface area contributed by atoms with Gasteiger partial charge in [-0.15, -0.1) is 0 Å². The summed E-state index contributed by atoms with van der Waals surface area (Å²) in [6.45, 7) is 3.28. The van der Waals surface area contributed by atoms with Crippen LogP contribution in [0, 0.1) is 0 Å². The van der Waals surface area contributed by atoms with Crippen LogP contribution in [0.4, 0.5) is 30.7 Å². The van der Waals surface area contributed by atoms with E-state index in [0.717, 1.165) is 6.08 Å². The van der Waals surface area contributed by atoms with Crippen LogP contribution in [-0.2, 0) is 9.53 Å².